The maximum atomic E-state index is 13.5. The molecule has 2 aromatic heterocycles. The first kappa shape index (κ1) is 17.7. The third-order valence-corrected chi connectivity index (χ3v) is 4.11. The van der Waals surface area contributed by atoms with Crippen LogP contribution in [0.2, 0.25) is 0 Å². The van der Waals surface area contributed by atoms with E-state index in [2.05, 4.69) is 15.1 Å². The van der Waals surface area contributed by atoms with Gasteiger partial charge < -0.3 is 0 Å². The first-order valence-corrected chi connectivity index (χ1v) is 8.49. The minimum atomic E-state index is -0.704. The van der Waals surface area contributed by atoms with Crippen LogP contribution in [0.25, 0.3) is 22.6 Å². The Morgan fingerprint density at radius 2 is 1.57 bits per heavy atom. The maximum absolute atomic E-state index is 13.5. The van der Waals surface area contributed by atoms with E-state index in [4.69, 9.17) is 0 Å². The van der Waals surface area contributed by atoms with Gasteiger partial charge in [-0.15, -0.1) is 0 Å². The summed E-state index contributed by atoms with van der Waals surface area (Å²) in [7, 11) is 0. The van der Waals surface area contributed by atoms with Gasteiger partial charge in [-0.3, -0.25) is 4.79 Å². The van der Waals surface area contributed by atoms with Gasteiger partial charge in [-0.25, -0.2) is 23.4 Å². The van der Waals surface area contributed by atoms with Crippen molar-refractivity contribution in [2.45, 2.75) is 6.54 Å². The highest BCUT2D eigenvalue weighted by Crippen LogP contribution is 2.19. The van der Waals surface area contributed by atoms with Crippen LogP contribution < -0.4 is 5.56 Å². The zero-order valence-electron chi connectivity index (χ0n) is 14.6. The molecule has 0 saturated heterocycles. The Kier molecular flexibility index (Phi) is 4.72. The first-order chi connectivity index (χ1) is 13.6. The summed E-state index contributed by atoms with van der Waals surface area (Å²) in [5, 5.41) is 4.26. The summed E-state index contributed by atoms with van der Waals surface area (Å²) in [4.78, 5) is 20.7. The van der Waals surface area contributed by atoms with Crippen LogP contribution in [0.1, 0.15) is 5.56 Å². The number of hydrogen-bond acceptors (Lipinski definition) is 4. The molecule has 0 radical (unpaired) electrons. The third kappa shape index (κ3) is 3.83. The summed E-state index contributed by atoms with van der Waals surface area (Å²) in [6, 6.07) is 15.1. The SMILES string of the molecule is O=c1ccc(-c2cc(F)cc(F)c2)nn1Cc1cccc(-c2ncccn2)c1. The number of hydrogen-bond donors (Lipinski definition) is 0. The molecule has 0 fully saturated rings. The molecule has 5 nitrogen and oxygen atoms in total. The fourth-order valence-corrected chi connectivity index (χ4v) is 2.85. The zero-order chi connectivity index (χ0) is 19.5. The van der Waals surface area contributed by atoms with Crippen molar-refractivity contribution in [3.63, 3.8) is 0 Å². The number of rotatable bonds is 4. The lowest BCUT2D eigenvalue weighted by Crippen LogP contribution is -2.22. The monoisotopic (exact) mass is 376 g/mol. The molecule has 138 valence electrons. The van der Waals surface area contributed by atoms with Gasteiger partial charge in [-0.05, 0) is 35.9 Å². The van der Waals surface area contributed by atoms with E-state index in [9.17, 15) is 13.6 Å². The van der Waals surface area contributed by atoms with Gasteiger partial charge in [0.2, 0.25) is 0 Å². The highest BCUT2D eigenvalue weighted by atomic mass is 19.1. The molecule has 0 aliphatic carbocycles. The fraction of sp³-hybridized carbons (Fsp3) is 0.0476. The van der Waals surface area contributed by atoms with E-state index in [1.165, 1.54) is 28.9 Å². The average molecular weight is 376 g/mol. The normalized spacial score (nSPS) is 10.8. The highest BCUT2D eigenvalue weighted by molar-refractivity contribution is 5.58. The minimum absolute atomic E-state index is 0.200. The molecule has 2 aromatic carbocycles. The van der Waals surface area contributed by atoms with Gasteiger partial charge in [0.1, 0.15) is 11.6 Å². The standard InChI is InChI=1S/C21H14F2N4O/c22-17-10-16(11-18(23)12-17)19-5-6-20(28)27(26-19)13-14-3-1-4-15(9-14)21-24-7-2-8-25-21/h1-12H,13H2. The van der Waals surface area contributed by atoms with Crippen LogP contribution in [0.4, 0.5) is 8.78 Å². The van der Waals surface area contributed by atoms with Crippen LogP contribution in [-0.4, -0.2) is 19.7 Å². The lowest BCUT2D eigenvalue weighted by molar-refractivity contribution is 0.583. The molecular formula is C21H14F2N4O. The molecule has 0 spiro atoms. The second-order valence-electron chi connectivity index (χ2n) is 6.15. The van der Waals surface area contributed by atoms with Crippen molar-refractivity contribution in [1.29, 1.82) is 0 Å². The number of nitrogens with zero attached hydrogens (tertiary/aromatic N) is 4. The topological polar surface area (TPSA) is 60.7 Å². The number of halogens is 2. The van der Waals surface area contributed by atoms with Gasteiger partial charge in [0.15, 0.2) is 5.82 Å². The van der Waals surface area contributed by atoms with E-state index < -0.39 is 11.6 Å². The smallest absolute Gasteiger partial charge is 0.267 e. The predicted octanol–water partition coefficient (Wildman–Crippen LogP) is 3.69. The van der Waals surface area contributed by atoms with Crippen molar-refractivity contribution in [3.05, 3.63) is 101 Å². The molecule has 0 saturated carbocycles. The lowest BCUT2D eigenvalue weighted by Gasteiger charge is -2.09. The van der Waals surface area contributed by atoms with Crippen molar-refractivity contribution >= 4 is 0 Å². The molecule has 4 rings (SSSR count). The van der Waals surface area contributed by atoms with E-state index in [0.29, 0.717) is 11.5 Å². The fourth-order valence-electron chi connectivity index (χ4n) is 2.85. The van der Waals surface area contributed by atoms with Crippen LogP contribution >= 0.6 is 0 Å². The van der Waals surface area contributed by atoms with Gasteiger partial charge in [0, 0.05) is 35.7 Å². The van der Waals surface area contributed by atoms with E-state index in [-0.39, 0.29) is 17.7 Å². The van der Waals surface area contributed by atoms with Crippen LogP contribution in [0.15, 0.2) is 77.9 Å². The number of aromatic nitrogens is 4. The molecule has 0 amide bonds. The molecule has 0 unspecified atom stereocenters. The van der Waals surface area contributed by atoms with E-state index in [1.807, 2.05) is 24.3 Å². The molecule has 2 heterocycles. The average Bonchev–Trinajstić information content (AvgIpc) is 2.70. The highest BCUT2D eigenvalue weighted by Gasteiger charge is 2.08. The Morgan fingerprint density at radius 1 is 0.821 bits per heavy atom. The Hall–Kier alpha value is -3.74. The Bertz CT molecular complexity index is 1170. The summed E-state index contributed by atoms with van der Waals surface area (Å²) < 4.78 is 28.2. The molecule has 28 heavy (non-hydrogen) atoms. The Labute approximate surface area is 159 Å². The second kappa shape index (κ2) is 7.48. The summed E-state index contributed by atoms with van der Waals surface area (Å²) in [6.45, 7) is 0.200. The first-order valence-electron chi connectivity index (χ1n) is 8.49. The van der Waals surface area contributed by atoms with Crippen molar-refractivity contribution in [2.75, 3.05) is 0 Å². The van der Waals surface area contributed by atoms with Crippen molar-refractivity contribution in [1.82, 2.24) is 19.7 Å². The molecule has 4 aromatic rings. The largest absolute Gasteiger partial charge is 0.268 e. The minimum Gasteiger partial charge on any atom is -0.268 e. The molecule has 0 aliphatic rings. The summed E-state index contributed by atoms with van der Waals surface area (Å²) in [5.41, 5.74) is 1.89. The van der Waals surface area contributed by atoms with Gasteiger partial charge in [-0.1, -0.05) is 18.2 Å². The van der Waals surface area contributed by atoms with E-state index in [1.54, 1.807) is 18.5 Å². The Morgan fingerprint density at radius 3 is 2.32 bits per heavy atom. The molecule has 7 heteroatoms. The van der Waals surface area contributed by atoms with Crippen LogP contribution in [0.5, 0.6) is 0 Å². The molecule has 0 bridgehead atoms. The summed E-state index contributed by atoms with van der Waals surface area (Å²) >= 11 is 0. The maximum Gasteiger partial charge on any atom is 0.267 e. The van der Waals surface area contributed by atoms with Crippen LogP contribution in [0, 0.1) is 11.6 Å². The molecule has 0 atom stereocenters. The van der Waals surface area contributed by atoms with Crippen LogP contribution in [-0.2, 0) is 6.54 Å². The Balaban J connectivity index is 1.68. The van der Waals surface area contributed by atoms with Gasteiger partial charge in [0.05, 0.1) is 12.2 Å². The number of benzene rings is 2. The molecule has 0 aliphatic heterocycles. The quantitative estimate of drug-likeness (QED) is 0.545. The summed E-state index contributed by atoms with van der Waals surface area (Å²) in [5.74, 6) is -0.830. The van der Waals surface area contributed by atoms with Crippen molar-refractivity contribution < 1.29 is 8.78 Å². The molecule has 0 N–H and O–H groups in total. The zero-order valence-corrected chi connectivity index (χ0v) is 14.6. The summed E-state index contributed by atoms with van der Waals surface area (Å²) in [6.07, 6.45) is 3.31. The third-order valence-electron chi connectivity index (χ3n) is 4.11. The van der Waals surface area contributed by atoms with Gasteiger partial charge >= 0.3 is 0 Å². The lowest BCUT2D eigenvalue weighted by atomic mass is 10.1. The second-order valence-corrected chi connectivity index (χ2v) is 6.15. The van der Waals surface area contributed by atoms with Crippen molar-refractivity contribution in [3.8, 4) is 22.6 Å². The van der Waals surface area contributed by atoms with E-state index in [0.717, 1.165) is 17.2 Å². The molecular weight excluding hydrogens is 362 g/mol. The van der Waals surface area contributed by atoms with Crippen LogP contribution in [0.3, 0.4) is 0 Å². The van der Waals surface area contributed by atoms with Crippen molar-refractivity contribution in [2.24, 2.45) is 0 Å². The van der Waals surface area contributed by atoms with Gasteiger partial charge in [0.25, 0.3) is 5.56 Å². The predicted molar refractivity (Wildman–Crippen MR) is 100 cm³/mol. The van der Waals surface area contributed by atoms with Gasteiger partial charge in [-0.2, -0.15) is 5.10 Å². The van der Waals surface area contributed by atoms with E-state index >= 15 is 0 Å².